The van der Waals surface area contributed by atoms with Crippen molar-refractivity contribution in [2.45, 2.75) is 32.6 Å². The highest BCUT2D eigenvalue weighted by atomic mass is 16.5. The fourth-order valence-electron chi connectivity index (χ4n) is 1.71. The summed E-state index contributed by atoms with van der Waals surface area (Å²) in [6.45, 7) is 2.60. The average Bonchev–Trinajstić information content (AvgIpc) is 2.46. The number of carbonyl (C=O) groups excluding carboxylic acids is 1. The van der Waals surface area contributed by atoms with Crippen LogP contribution in [-0.2, 0) is 9.53 Å². The van der Waals surface area contributed by atoms with Crippen LogP contribution in [0.3, 0.4) is 0 Å². The third-order valence-electron chi connectivity index (χ3n) is 2.86. The van der Waals surface area contributed by atoms with E-state index in [0.717, 1.165) is 24.8 Å². The van der Waals surface area contributed by atoms with Gasteiger partial charge in [0.05, 0.1) is 13.7 Å². The van der Waals surface area contributed by atoms with Gasteiger partial charge in [-0.05, 0) is 30.2 Å². The quantitative estimate of drug-likeness (QED) is 0.449. The van der Waals surface area contributed by atoms with E-state index in [1.807, 2.05) is 0 Å². The predicted molar refractivity (Wildman–Crippen MR) is 78.8 cm³/mol. The van der Waals surface area contributed by atoms with Gasteiger partial charge in [-0.25, -0.2) is 4.79 Å². The number of aromatic hydroxyl groups is 1. The van der Waals surface area contributed by atoms with Crippen molar-refractivity contribution in [3.63, 3.8) is 0 Å². The monoisotopic (exact) mass is 278 g/mol. The average molecular weight is 278 g/mol. The van der Waals surface area contributed by atoms with E-state index in [2.05, 4.69) is 6.92 Å². The normalized spacial score (nSPS) is 10.7. The zero-order chi connectivity index (χ0) is 14.8. The molecule has 0 saturated carbocycles. The summed E-state index contributed by atoms with van der Waals surface area (Å²) in [4.78, 5) is 11.5. The fourth-order valence-corrected chi connectivity index (χ4v) is 1.71. The maximum Gasteiger partial charge on any atom is 0.330 e. The van der Waals surface area contributed by atoms with Gasteiger partial charge in [0.2, 0.25) is 0 Å². The standard InChI is InChI=1S/C16H22O4/c1-3-4-5-6-11-20-16(18)10-8-13-7-9-14(17)15(12-13)19-2/h7-10,12,17H,3-6,11H2,1-2H3. The molecule has 4 nitrogen and oxygen atoms in total. The number of hydrogen-bond donors (Lipinski definition) is 1. The van der Waals surface area contributed by atoms with Gasteiger partial charge in [0.15, 0.2) is 11.5 Å². The van der Waals surface area contributed by atoms with Gasteiger partial charge in [-0.1, -0.05) is 32.3 Å². The third-order valence-corrected chi connectivity index (χ3v) is 2.86. The van der Waals surface area contributed by atoms with E-state index in [4.69, 9.17) is 9.47 Å². The van der Waals surface area contributed by atoms with Gasteiger partial charge < -0.3 is 14.6 Å². The lowest BCUT2D eigenvalue weighted by molar-refractivity contribution is -0.137. The molecule has 110 valence electrons. The summed E-state index contributed by atoms with van der Waals surface area (Å²) in [7, 11) is 1.48. The Hall–Kier alpha value is -1.97. The van der Waals surface area contributed by atoms with E-state index >= 15 is 0 Å². The van der Waals surface area contributed by atoms with Gasteiger partial charge in [0, 0.05) is 6.08 Å². The molecular formula is C16H22O4. The minimum atomic E-state index is -0.353. The number of carbonyl (C=O) groups is 1. The highest BCUT2D eigenvalue weighted by Gasteiger charge is 2.01. The number of methoxy groups -OCH3 is 1. The molecule has 0 amide bonds. The predicted octanol–water partition coefficient (Wildman–Crippen LogP) is 3.54. The lowest BCUT2D eigenvalue weighted by Gasteiger charge is -2.04. The first kappa shape index (κ1) is 16.1. The van der Waals surface area contributed by atoms with E-state index in [1.165, 1.54) is 25.7 Å². The molecule has 20 heavy (non-hydrogen) atoms. The molecule has 1 aromatic rings. The number of benzene rings is 1. The number of hydrogen-bond acceptors (Lipinski definition) is 4. The highest BCUT2D eigenvalue weighted by Crippen LogP contribution is 2.26. The van der Waals surface area contributed by atoms with Gasteiger partial charge >= 0.3 is 5.97 Å². The number of phenolic OH excluding ortho intramolecular Hbond substituents is 1. The Morgan fingerprint density at radius 1 is 1.30 bits per heavy atom. The molecule has 0 aromatic heterocycles. The van der Waals surface area contributed by atoms with Crippen LogP contribution in [0.4, 0.5) is 0 Å². The van der Waals surface area contributed by atoms with E-state index in [1.54, 1.807) is 18.2 Å². The van der Waals surface area contributed by atoms with Crippen molar-refractivity contribution >= 4 is 12.0 Å². The van der Waals surface area contributed by atoms with Crippen LogP contribution in [0.1, 0.15) is 38.2 Å². The van der Waals surface area contributed by atoms with Crippen LogP contribution >= 0.6 is 0 Å². The highest BCUT2D eigenvalue weighted by molar-refractivity contribution is 5.87. The van der Waals surface area contributed by atoms with Crippen LogP contribution in [0.5, 0.6) is 11.5 Å². The van der Waals surface area contributed by atoms with Crippen LogP contribution in [0.15, 0.2) is 24.3 Å². The number of unbranched alkanes of at least 4 members (excludes halogenated alkanes) is 3. The maximum absolute atomic E-state index is 11.5. The minimum Gasteiger partial charge on any atom is -0.504 e. The molecule has 0 aliphatic heterocycles. The second-order valence-electron chi connectivity index (χ2n) is 4.49. The molecule has 0 aliphatic carbocycles. The van der Waals surface area contributed by atoms with Crippen molar-refractivity contribution in [3.05, 3.63) is 29.8 Å². The van der Waals surface area contributed by atoms with Gasteiger partial charge in [0.1, 0.15) is 0 Å². The minimum absolute atomic E-state index is 0.0724. The molecule has 0 bridgehead atoms. The molecule has 0 atom stereocenters. The zero-order valence-corrected chi connectivity index (χ0v) is 12.1. The van der Waals surface area contributed by atoms with E-state index in [-0.39, 0.29) is 11.7 Å². The summed E-state index contributed by atoms with van der Waals surface area (Å²) >= 11 is 0. The van der Waals surface area contributed by atoms with Crippen molar-refractivity contribution < 1.29 is 19.4 Å². The Labute approximate surface area is 120 Å². The van der Waals surface area contributed by atoms with Crippen molar-refractivity contribution in [3.8, 4) is 11.5 Å². The molecule has 0 unspecified atom stereocenters. The van der Waals surface area contributed by atoms with Crippen molar-refractivity contribution in [1.82, 2.24) is 0 Å². The first-order valence-electron chi connectivity index (χ1n) is 6.89. The number of phenols is 1. The van der Waals surface area contributed by atoms with Gasteiger partial charge in [-0.2, -0.15) is 0 Å². The topological polar surface area (TPSA) is 55.8 Å². The van der Waals surface area contributed by atoms with Crippen LogP contribution in [-0.4, -0.2) is 24.8 Å². The molecule has 0 spiro atoms. The largest absolute Gasteiger partial charge is 0.504 e. The second kappa shape index (κ2) is 9.02. The summed E-state index contributed by atoms with van der Waals surface area (Å²) < 4.78 is 10.1. The molecule has 0 heterocycles. The van der Waals surface area contributed by atoms with E-state index < -0.39 is 0 Å². The first-order valence-corrected chi connectivity index (χ1v) is 6.89. The summed E-state index contributed by atoms with van der Waals surface area (Å²) in [5, 5.41) is 9.46. The van der Waals surface area contributed by atoms with Crippen molar-refractivity contribution in [1.29, 1.82) is 0 Å². The molecule has 4 heteroatoms. The summed E-state index contributed by atoms with van der Waals surface area (Å²) in [6, 6.07) is 4.87. The Bertz CT molecular complexity index is 452. The SMILES string of the molecule is CCCCCCOC(=O)C=Cc1ccc(O)c(OC)c1. The van der Waals surface area contributed by atoms with Gasteiger partial charge in [-0.3, -0.25) is 0 Å². The summed E-state index contributed by atoms with van der Waals surface area (Å²) in [5.74, 6) is 0.0942. The summed E-state index contributed by atoms with van der Waals surface area (Å²) in [6.07, 6.45) is 7.34. The van der Waals surface area contributed by atoms with Crippen molar-refractivity contribution in [2.24, 2.45) is 0 Å². The molecule has 0 aliphatic rings. The molecule has 1 N–H and O–H groups in total. The Morgan fingerprint density at radius 3 is 2.80 bits per heavy atom. The fraction of sp³-hybridized carbons (Fsp3) is 0.438. The number of ether oxygens (including phenoxy) is 2. The lowest BCUT2D eigenvalue weighted by atomic mass is 10.2. The molecule has 0 fully saturated rings. The molecule has 1 aromatic carbocycles. The Balaban J connectivity index is 2.41. The second-order valence-corrected chi connectivity index (χ2v) is 4.49. The summed E-state index contributed by atoms with van der Waals surface area (Å²) in [5.41, 5.74) is 0.766. The maximum atomic E-state index is 11.5. The molecule has 0 radical (unpaired) electrons. The van der Waals surface area contributed by atoms with Crippen LogP contribution in [0.2, 0.25) is 0 Å². The van der Waals surface area contributed by atoms with Crippen LogP contribution < -0.4 is 4.74 Å². The van der Waals surface area contributed by atoms with Gasteiger partial charge in [-0.15, -0.1) is 0 Å². The van der Waals surface area contributed by atoms with E-state index in [9.17, 15) is 9.90 Å². The lowest BCUT2D eigenvalue weighted by Crippen LogP contribution is -2.02. The number of rotatable bonds is 8. The number of esters is 1. The van der Waals surface area contributed by atoms with Crippen molar-refractivity contribution in [2.75, 3.05) is 13.7 Å². The Kier molecular flexibility index (Phi) is 7.25. The van der Waals surface area contributed by atoms with E-state index in [0.29, 0.717) is 12.4 Å². The van der Waals surface area contributed by atoms with Crippen LogP contribution in [0, 0.1) is 0 Å². The van der Waals surface area contributed by atoms with Crippen LogP contribution in [0.25, 0.3) is 6.08 Å². The first-order chi connectivity index (χ1) is 9.67. The molecule has 0 saturated heterocycles. The Morgan fingerprint density at radius 2 is 2.10 bits per heavy atom. The molecule has 1 rings (SSSR count). The molecular weight excluding hydrogens is 256 g/mol. The smallest absolute Gasteiger partial charge is 0.330 e. The zero-order valence-electron chi connectivity index (χ0n) is 12.1. The van der Waals surface area contributed by atoms with Gasteiger partial charge in [0.25, 0.3) is 0 Å². The third kappa shape index (κ3) is 5.78.